The molecule has 0 aliphatic carbocycles. The Balaban J connectivity index is 2.12. The Labute approximate surface area is 106 Å². The first-order valence-electron chi connectivity index (χ1n) is 5.85. The second kappa shape index (κ2) is 3.19. The molecule has 3 nitrogen and oxygen atoms in total. The van der Waals surface area contributed by atoms with Crippen molar-refractivity contribution in [3.63, 3.8) is 0 Å². The first kappa shape index (κ1) is 11.0. The van der Waals surface area contributed by atoms with Crippen LogP contribution in [0.15, 0.2) is 34.3 Å². The van der Waals surface area contributed by atoms with Crippen molar-refractivity contribution < 1.29 is 0 Å². The molecule has 0 bridgehead atoms. The summed E-state index contributed by atoms with van der Waals surface area (Å²) < 4.78 is 0. The maximum Gasteiger partial charge on any atom is 0.194 e. The number of hydrazone groups is 1. The van der Waals surface area contributed by atoms with Crippen LogP contribution in [0.4, 0.5) is 5.69 Å². The Hall–Kier alpha value is -1.16. The van der Waals surface area contributed by atoms with Crippen molar-refractivity contribution in [2.75, 3.05) is 4.90 Å². The number of benzene rings is 1. The van der Waals surface area contributed by atoms with Crippen LogP contribution >= 0.6 is 11.8 Å². The Bertz CT molecular complexity index is 504. The molecule has 0 amide bonds. The van der Waals surface area contributed by atoms with Gasteiger partial charge in [-0.05, 0) is 30.8 Å². The topological polar surface area (TPSA) is 27.6 Å². The summed E-state index contributed by atoms with van der Waals surface area (Å²) in [6.07, 6.45) is 0. The van der Waals surface area contributed by atoms with E-state index in [9.17, 15) is 0 Å². The number of amidine groups is 1. The molecule has 17 heavy (non-hydrogen) atoms. The average molecular weight is 247 g/mol. The van der Waals surface area contributed by atoms with E-state index in [0.29, 0.717) is 0 Å². The van der Waals surface area contributed by atoms with Crippen LogP contribution in [0, 0.1) is 5.41 Å². The molecule has 1 aromatic rings. The van der Waals surface area contributed by atoms with Crippen LogP contribution < -0.4 is 10.3 Å². The predicted molar refractivity (Wildman–Crippen MR) is 73.2 cm³/mol. The van der Waals surface area contributed by atoms with Gasteiger partial charge in [-0.1, -0.05) is 32.9 Å². The highest BCUT2D eigenvalue weighted by Gasteiger charge is 2.51. The molecule has 1 atom stereocenters. The zero-order valence-corrected chi connectivity index (χ0v) is 11.4. The van der Waals surface area contributed by atoms with Crippen LogP contribution in [0.25, 0.3) is 0 Å². The van der Waals surface area contributed by atoms with Gasteiger partial charge in [-0.25, -0.2) is 0 Å². The Morgan fingerprint density at radius 2 is 2.00 bits per heavy atom. The van der Waals surface area contributed by atoms with Gasteiger partial charge in [0.25, 0.3) is 0 Å². The Morgan fingerprint density at radius 1 is 1.29 bits per heavy atom. The molecular formula is C13H17N3S. The normalized spacial score (nSPS) is 26.4. The smallest absolute Gasteiger partial charge is 0.194 e. The van der Waals surface area contributed by atoms with E-state index in [0.717, 1.165) is 5.17 Å². The molecule has 1 N–H and O–H groups in total. The van der Waals surface area contributed by atoms with Gasteiger partial charge in [-0.2, -0.15) is 5.10 Å². The SMILES string of the molecule is CC(C)(C)[C@@]1(C)NN=C2Sc3ccccc3N21. The number of anilines is 1. The average Bonchev–Trinajstić information content (AvgIpc) is 2.76. The maximum absolute atomic E-state index is 4.49. The van der Waals surface area contributed by atoms with Gasteiger partial charge in [0.15, 0.2) is 5.17 Å². The van der Waals surface area contributed by atoms with Crippen LogP contribution in [0.1, 0.15) is 27.7 Å². The number of hydrogen-bond acceptors (Lipinski definition) is 4. The van der Waals surface area contributed by atoms with E-state index < -0.39 is 0 Å². The van der Waals surface area contributed by atoms with Crippen molar-refractivity contribution in [2.45, 2.75) is 38.3 Å². The number of rotatable bonds is 0. The zero-order chi connectivity index (χ0) is 12.3. The summed E-state index contributed by atoms with van der Waals surface area (Å²) in [6.45, 7) is 8.93. The van der Waals surface area contributed by atoms with Gasteiger partial charge >= 0.3 is 0 Å². The first-order valence-corrected chi connectivity index (χ1v) is 6.67. The van der Waals surface area contributed by atoms with E-state index in [1.807, 2.05) is 0 Å². The predicted octanol–water partition coefficient (Wildman–Crippen LogP) is 3.24. The highest BCUT2D eigenvalue weighted by atomic mass is 32.2. The van der Waals surface area contributed by atoms with Crippen LogP contribution in [-0.2, 0) is 0 Å². The number of hydrogen-bond donors (Lipinski definition) is 1. The van der Waals surface area contributed by atoms with Gasteiger partial charge in [0, 0.05) is 10.3 Å². The van der Waals surface area contributed by atoms with Crippen molar-refractivity contribution in [3.8, 4) is 0 Å². The van der Waals surface area contributed by atoms with Crippen LogP contribution in [0.5, 0.6) is 0 Å². The fraction of sp³-hybridized carbons (Fsp3) is 0.462. The van der Waals surface area contributed by atoms with Crippen LogP contribution in [0.2, 0.25) is 0 Å². The molecule has 0 saturated heterocycles. The van der Waals surface area contributed by atoms with E-state index in [4.69, 9.17) is 0 Å². The summed E-state index contributed by atoms with van der Waals surface area (Å²) in [5.41, 5.74) is 4.50. The fourth-order valence-electron chi connectivity index (χ4n) is 2.19. The molecule has 0 unspecified atom stereocenters. The number of para-hydroxylation sites is 1. The second-order valence-electron chi connectivity index (χ2n) is 5.73. The van der Waals surface area contributed by atoms with E-state index in [1.165, 1.54) is 10.6 Å². The third kappa shape index (κ3) is 1.33. The van der Waals surface area contributed by atoms with E-state index >= 15 is 0 Å². The van der Waals surface area contributed by atoms with E-state index in [-0.39, 0.29) is 11.1 Å². The van der Waals surface area contributed by atoms with Crippen molar-refractivity contribution >= 4 is 22.6 Å². The summed E-state index contributed by atoms with van der Waals surface area (Å²) in [5.74, 6) is 0. The van der Waals surface area contributed by atoms with Gasteiger partial charge in [0.1, 0.15) is 5.66 Å². The minimum absolute atomic E-state index is 0.0935. The van der Waals surface area contributed by atoms with Gasteiger partial charge in [0.2, 0.25) is 0 Å². The molecule has 0 saturated carbocycles. The van der Waals surface area contributed by atoms with Gasteiger partial charge in [-0.15, -0.1) is 0 Å². The fourth-order valence-corrected chi connectivity index (χ4v) is 3.26. The molecule has 90 valence electrons. The second-order valence-corrected chi connectivity index (χ2v) is 6.74. The number of thioether (sulfide) groups is 1. The summed E-state index contributed by atoms with van der Waals surface area (Å²) in [6, 6.07) is 8.49. The number of nitrogens with one attached hydrogen (secondary N) is 1. The van der Waals surface area contributed by atoms with Gasteiger partial charge < -0.3 is 0 Å². The highest BCUT2D eigenvalue weighted by molar-refractivity contribution is 8.14. The van der Waals surface area contributed by atoms with E-state index in [2.05, 4.69) is 67.4 Å². The Morgan fingerprint density at radius 3 is 2.71 bits per heavy atom. The molecule has 1 aromatic carbocycles. The standard InChI is InChI=1S/C13H17N3S/c1-12(2,3)13(4)15-14-11-16(13)9-7-5-6-8-10(9)17-11/h5-8,15H,1-4H3/t13-/m0/s1. The highest BCUT2D eigenvalue weighted by Crippen LogP contribution is 2.49. The first-order chi connectivity index (χ1) is 7.93. The minimum Gasteiger partial charge on any atom is -0.293 e. The molecule has 3 rings (SSSR count). The van der Waals surface area contributed by atoms with E-state index in [1.54, 1.807) is 11.8 Å². The molecule has 0 fully saturated rings. The summed E-state index contributed by atoms with van der Waals surface area (Å²) in [5, 5.41) is 5.55. The summed E-state index contributed by atoms with van der Waals surface area (Å²) in [7, 11) is 0. The lowest BCUT2D eigenvalue weighted by atomic mass is 9.81. The molecular weight excluding hydrogens is 230 g/mol. The van der Waals surface area contributed by atoms with Crippen LogP contribution in [-0.4, -0.2) is 10.8 Å². The van der Waals surface area contributed by atoms with Crippen LogP contribution in [0.3, 0.4) is 0 Å². The van der Waals surface area contributed by atoms with Crippen molar-refractivity contribution in [1.82, 2.24) is 5.43 Å². The van der Waals surface area contributed by atoms with Gasteiger partial charge in [0.05, 0.1) is 5.69 Å². The molecule has 4 heteroatoms. The number of fused-ring (bicyclic) bond motifs is 3. The minimum atomic E-state index is -0.165. The lowest BCUT2D eigenvalue weighted by Crippen LogP contribution is -2.59. The monoisotopic (exact) mass is 247 g/mol. The maximum atomic E-state index is 4.49. The van der Waals surface area contributed by atoms with Crippen molar-refractivity contribution in [1.29, 1.82) is 0 Å². The Kier molecular flexibility index (Phi) is 2.06. The summed E-state index contributed by atoms with van der Waals surface area (Å²) >= 11 is 1.74. The third-order valence-corrected chi connectivity index (χ3v) is 4.80. The van der Waals surface area contributed by atoms with Crippen molar-refractivity contribution in [2.24, 2.45) is 10.5 Å². The van der Waals surface area contributed by atoms with Crippen molar-refractivity contribution in [3.05, 3.63) is 24.3 Å². The zero-order valence-electron chi connectivity index (χ0n) is 10.6. The molecule has 2 heterocycles. The lowest BCUT2D eigenvalue weighted by molar-refractivity contribution is 0.180. The lowest BCUT2D eigenvalue weighted by Gasteiger charge is -2.44. The number of nitrogens with zero attached hydrogens (tertiary/aromatic N) is 2. The molecule has 0 radical (unpaired) electrons. The third-order valence-electron chi connectivity index (χ3n) is 3.78. The molecule has 0 aromatic heterocycles. The molecule has 2 aliphatic heterocycles. The summed E-state index contributed by atoms with van der Waals surface area (Å²) in [4.78, 5) is 3.62. The van der Waals surface area contributed by atoms with Gasteiger partial charge in [-0.3, -0.25) is 10.3 Å². The largest absolute Gasteiger partial charge is 0.293 e. The molecule has 2 aliphatic rings. The quantitative estimate of drug-likeness (QED) is 0.762. The molecule has 0 spiro atoms.